The fourth-order valence-electron chi connectivity index (χ4n) is 2.63. The topological polar surface area (TPSA) is 44.1 Å². The molecular formula is C20H20N2O2. The molecule has 0 aliphatic heterocycles. The number of benzene rings is 2. The van der Waals surface area contributed by atoms with E-state index in [0.717, 1.165) is 28.1 Å². The first-order chi connectivity index (χ1) is 11.6. The van der Waals surface area contributed by atoms with Crippen LogP contribution in [0.15, 0.2) is 59.4 Å². The second kappa shape index (κ2) is 6.71. The molecule has 0 unspecified atom stereocenters. The Bertz CT molecular complexity index is 929. The van der Waals surface area contributed by atoms with Crippen molar-refractivity contribution < 1.29 is 4.74 Å². The Balaban J connectivity index is 2.00. The van der Waals surface area contributed by atoms with E-state index in [2.05, 4.69) is 23.3 Å². The van der Waals surface area contributed by atoms with Gasteiger partial charge in [-0.15, -0.1) is 0 Å². The first-order valence-corrected chi connectivity index (χ1v) is 7.85. The third kappa shape index (κ3) is 3.38. The lowest BCUT2D eigenvalue weighted by Crippen LogP contribution is -2.23. The third-order valence-corrected chi connectivity index (χ3v) is 4.06. The van der Waals surface area contributed by atoms with Crippen molar-refractivity contribution in [2.45, 2.75) is 20.4 Å². The smallest absolute Gasteiger partial charge is 0.267 e. The van der Waals surface area contributed by atoms with Gasteiger partial charge in [0.1, 0.15) is 5.75 Å². The molecule has 0 amide bonds. The minimum absolute atomic E-state index is 0.109. The molecule has 0 radical (unpaired) electrons. The highest BCUT2D eigenvalue weighted by atomic mass is 16.5. The Morgan fingerprint density at radius 1 is 1.04 bits per heavy atom. The van der Waals surface area contributed by atoms with E-state index >= 15 is 0 Å². The molecule has 1 heterocycles. The molecule has 3 aromatic rings. The molecule has 0 atom stereocenters. The minimum atomic E-state index is -0.109. The molecule has 0 spiro atoms. The van der Waals surface area contributed by atoms with Gasteiger partial charge in [-0.25, -0.2) is 4.68 Å². The zero-order valence-corrected chi connectivity index (χ0v) is 14.1. The summed E-state index contributed by atoms with van der Waals surface area (Å²) in [5, 5.41) is 4.53. The molecule has 2 aromatic carbocycles. The number of ether oxygens (including phenoxy) is 1. The standard InChI is InChI=1S/C20H20N2O2/c1-14-7-8-15(2)17(11-14)13-22-20(23)10-9-19(21-22)16-5-4-6-18(12-16)24-3/h4-12H,13H2,1-3H3. The number of methoxy groups -OCH3 is 1. The number of aryl methyl sites for hydroxylation is 2. The summed E-state index contributed by atoms with van der Waals surface area (Å²) in [6.07, 6.45) is 0. The maximum Gasteiger partial charge on any atom is 0.267 e. The summed E-state index contributed by atoms with van der Waals surface area (Å²) in [4.78, 5) is 12.2. The van der Waals surface area contributed by atoms with Crippen molar-refractivity contribution >= 4 is 0 Å². The largest absolute Gasteiger partial charge is 0.497 e. The van der Waals surface area contributed by atoms with E-state index in [-0.39, 0.29) is 5.56 Å². The van der Waals surface area contributed by atoms with Gasteiger partial charge >= 0.3 is 0 Å². The number of rotatable bonds is 4. The van der Waals surface area contributed by atoms with Crippen LogP contribution in [0.3, 0.4) is 0 Å². The second-order valence-electron chi connectivity index (χ2n) is 5.88. The van der Waals surface area contributed by atoms with Gasteiger partial charge in [-0.3, -0.25) is 4.79 Å². The van der Waals surface area contributed by atoms with Crippen LogP contribution in [-0.4, -0.2) is 16.9 Å². The highest BCUT2D eigenvalue weighted by Crippen LogP contribution is 2.21. The summed E-state index contributed by atoms with van der Waals surface area (Å²) >= 11 is 0. The van der Waals surface area contributed by atoms with Crippen LogP contribution in [0.4, 0.5) is 0 Å². The third-order valence-electron chi connectivity index (χ3n) is 4.06. The van der Waals surface area contributed by atoms with Crippen molar-refractivity contribution in [3.8, 4) is 17.0 Å². The maximum absolute atomic E-state index is 12.2. The van der Waals surface area contributed by atoms with Gasteiger partial charge in [0, 0.05) is 11.6 Å². The quantitative estimate of drug-likeness (QED) is 0.738. The number of aromatic nitrogens is 2. The van der Waals surface area contributed by atoms with Crippen molar-refractivity contribution in [3.63, 3.8) is 0 Å². The Labute approximate surface area is 141 Å². The molecular weight excluding hydrogens is 300 g/mol. The molecule has 1 aromatic heterocycles. The molecule has 4 heteroatoms. The summed E-state index contributed by atoms with van der Waals surface area (Å²) in [6, 6.07) is 17.2. The monoisotopic (exact) mass is 320 g/mol. The van der Waals surface area contributed by atoms with Gasteiger partial charge in [-0.1, -0.05) is 35.9 Å². The summed E-state index contributed by atoms with van der Waals surface area (Å²) < 4.78 is 6.77. The van der Waals surface area contributed by atoms with Gasteiger partial charge in [0.15, 0.2) is 0 Å². The Morgan fingerprint density at radius 2 is 1.88 bits per heavy atom. The highest BCUT2D eigenvalue weighted by molar-refractivity contribution is 5.60. The van der Waals surface area contributed by atoms with Crippen LogP contribution >= 0.6 is 0 Å². The summed E-state index contributed by atoms with van der Waals surface area (Å²) in [5.74, 6) is 0.765. The minimum Gasteiger partial charge on any atom is -0.497 e. The molecule has 0 saturated carbocycles. The molecule has 0 aliphatic rings. The van der Waals surface area contributed by atoms with Crippen LogP contribution in [-0.2, 0) is 6.54 Å². The van der Waals surface area contributed by atoms with Gasteiger partial charge < -0.3 is 4.74 Å². The fraction of sp³-hybridized carbons (Fsp3) is 0.200. The van der Waals surface area contributed by atoms with E-state index in [9.17, 15) is 4.79 Å². The maximum atomic E-state index is 12.2. The van der Waals surface area contributed by atoms with Crippen LogP contribution in [0, 0.1) is 13.8 Å². The predicted octanol–water partition coefficient (Wildman–Crippen LogP) is 3.58. The van der Waals surface area contributed by atoms with E-state index in [0.29, 0.717) is 6.54 Å². The van der Waals surface area contributed by atoms with E-state index in [4.69, 9.17) is 4.74 Å². The second-order valence-corrected chi connectivity index (χ2v) is 5.88. The zero-order chi connectivity index (χ0) is 17.1. The van der Waals surface area contributed by atoms with Crippen LogP contribution in [0.1, 0.15) is 16.7 Å². The van der Waals surface area contributed by atoms with Gasteiger partial charge in [0.2, 0.25) is 0 Å². The van der Waals surface area contributed by atoms with Crippen LogP contribution in [0.2, 0.25) is 0 Å². The van der Waals surface area contributed by atoms with E-state index < -0.39 is 0 Å². The van der Waals surface area contributed by atoms with Crippen LogP contribution in [0.5, 0.6) is 5.75 Å². The molecule has 0 N–H and O–H groups in total. The normalized spacial score (nSPS) is 10.6. The molecule has 122 valence electrons. The van der Waals surface area contributed by atoms with Crippen LogP contribution < -0.4 is 10.3 Å². The number of hydrogen-bond donors (Lipinski definition) is 0. The van der Waals surface area contributed by atoms with E-state index in [1.54, 1.807) is 19.2 Å². The lowest BCUT2D eigenvalue weighted by molar-refractivity contribution is 0.415. The Hall–Kier alpha value is -2.88. The summed E-state index contributed by atoms with van der Waals surface area (Å²) in [7, 11) is 1.63. The van der Waals surface area contributed by atoms with Gasteiger partial charge in [-0.2, -0.15) is 5.10 Å². The molecule has 24 heavy (non-hydrogen) atoms. The zero-order valence-electron chi connectivity index (χ0n) is 14.1. The van der Waals surface area contributed by atoms with Crippen molar-refractivity contribution in [1.29, 1.82) is 0 Å². The highest BCUT2D eigenvalue weighted by Gasteiger charge is 2.07. The molecule has 0 aliphatic carbocycles. The van der Waals surface area contributed by atoms with Crippen molar-refractivity contribution in [2.75, 3.05) is 7.11 Å². The van der Waals surface area contributed by atoms with Gasteiger partial charge in [0.05, 0.1) is 19.3 Å². The van der Waals surface area contributed by atoms with Gasteiger partial charge in [-0.05, 0) is 43.2 Å². The van der Waals surface area contributed by atoms with Gasteiger partial charge in [0.25, 0.3) is 5.56 Å². The van der Waals surface area contributed by atoms with Crippen molar-refractivity contribution in [1.82, 2.24) is 9.78 Å². The molecule has 0 saturated heterocycles. The average molecular weight is 320 g/mol. The van der Waals surface area contributed by atoms with Crippen LogP contribution in [0.25, 0.3) is 11.3 Å². The summed E-state index contributed by atoms with van der Waals surface area (Å²) in [6.45, 7) is 4.56. The molecule has 0 fully saturated rings. The predicted molar refractivity (Wildman–Crippen MR) is 95.5 cm³/mol. The van der Waals surface area contributed by atoms with E-state index in [1.165, 1.54) is 10.2 Å². The number of nitrogens with zero attached hydrogens (tertiary/aromatic N) is 2. The Kier molecular flexibility index (Phi) is 4.47. The van der Waals surface area contributed by atoms with E-state index in [1.807, 2.05) is 38.1 Å². The van der Waals surface area contributed by atoms with Crippen molar-refractivity contribution in [3.05, 3.63) is 81.6 Å². The SMILES string of the molecule is COc1cccc(-c2ccc(=O)n(Cc3cc(C)ccc3C)n2)c1. The lowest BCUT2D eigenvalue weighted by Gasteiger charge is -2.11. The molecule has 0 bridgehead atoms. The number of hydrogen-bond acceptors (Lipinski definition) is 3. The summed E-state index contributed by atoms with van der Waals surface area (Å²) in [5.41, 5.74) is 4.99. The average Bonchev–Trinajstić information content (AvgIpc) is 2.60. The first-order valence-electron chi connectivity index (χ1n) is 7.85. The molecule has 3 rings (SSSR count). The first kappa shape index (κ1) is 16.0. The molecule has 4 nitrogen and oxygen atoms in total. The Morgan fingerprint density at radius 3 is 2.67 bits per heavy atom. The lowest BCUT2D eigenvalue weighted by atomic mass is 10.1. The van der Waals surface area contributed by atoms with Crippen molar-refractivity contribution in [2.24, 2.45) is 0 Å². The fourth-order valence-corrected chi connectivity index (χ4v) is 2.63.